The number of hydrogen-bond acceptors (Lipinski definition) is 4. The maximum atomic E-state index is 13.0. The highest BCUT2D eigenvalue weighted by molar-refractivity contribution is 7.21. The molecule has 0 unspecified atom stereocenters. The van der Waals surface area contributed by atoms with Gasteiger partial charge in [0.1, 0.15) is 10.9 Å². The van der Waals surface area contributed by atoms with Crippen LogP contribution in [0.15, 0.2) is 65.7 Å². The molecule has 0 radical (unpaired) electrons. The molecular formula is C23H21N3O2S. The van der Waals surface area contributed by atoms with Crippen molar-refractivity contribution in [3.05, 3.63) is 82.4 Å². The van der Waals surface area contributed by atoms with Crippen molar-refractivity contribution >= 4 is 33.1 Å². The topological polar surface area (TPSA) is 64.0 Å². The Kier molecular flexibility index (Phi) is 5.03. The Bertz CT molecular complexity index is 1260. The van der Waals surface area contributed by atoms with Gasteiger partial charge in [-0.3, -0.25) is 14.2 Å². The minimum atomic E-state index is -0.680. The van der Waals surface area contributed by atoms with Crippen LogP contribution in [-0.2, 0) is 4.79 Å². The molecule has 4 rings (SSSR count). The third-order valence-corrected chi connectivity index (χ3v) is 6.06. The number of thiophene rings is 1. The minimum Gasteiger partial charge on any atom is -0.324 e. The van der Waals surface area contributed by atoms with Crippen LogP contribution < -0.4 is 10.9 Å². The van der Waals surface area contributed by atoms with E-state index in [1.807, 2.05) is 68.4 Å². The molecule has 29 heavy (non-hydrogen) atoms. The standard InChI is InChI=1S/C23H21N3O2S/c1-14-9-10-19(15(2)11-14)25-21(27)16(3)26-13-24-22-18(23(26)28)12-20(29-22)17-7-5-4-6-8-17/h4-13,16H,1-3H3,(H,25,27)/t16-/m0/s1. The van der Waals surface area contributed by atoms with Gasteiger partial charge in [0.15, 0.2) is 0 Å². The molecule has 0 spiro atoms. The van der Waals surface area contributed by atoms with Gasteiger partial charge in [-0.25, -0.2) is 4.98 Å². The smallest absolute Gasteiger partial charge is 0.262 e. The van der Waals surface area contributed by atoms with E-state index in [4.69, 9.17) is 0 Å². The number of aromatic nitrogens is 2. The number of rotatable bonds is 4. The van der Waals surface area contributed by atoms with Crippen LogP contribution in [0.1, 0.15) is 24.1 Å². The summed E-state index contributed by atoms with van der Waals surface area (Å²) in [6.07, 6.45) is 1.46. The van der Waals surface area contributed by atoms with Gasteiger partial charge in [-0.15, -0.1) is 11.3 Å². The molecule has 1 amide bonds. The summed E-state index contributed by atoms with van der Waals surface area (Å²) in [5, 5.41) is 3.45. The van der Waals surface area contributed by atoms with E-state index < -0.39 is 6.04 Å². The average molecular weight is 404 g/mol. The predicted molar refractivity (Wildman–Crippen MR) is 119 cm³/mol. The number of carbonyl (C=O) groups excluding carboxylic acids is 1. The van der Waals surface area contributed by atoms with Gasteiger partial charge in [0.05, 0.1) is 11.7 Å². The van der Waals surface area contributed by atoms with Crippen LogP contribution in [0, 0.1) is 13.8 Å². The monoisotopic (exact) mass is 403 g/mol. The molecule has 0 aliphatic rings. The van der Waals surface area contributed by atoms with Gasteiger partial charge < -0.3 is 5.32 Å². The van der Waals surface area contributed by atoms with Crippen molar-refractivity contribution in [2.24, 2.45) is 0 Å². The lowest BCUT2D eigenvalue weighted by molar-refractivity contribution is -0.118. The van der Waals surface area contributed by atoms with Crippen molar-refractivity contribution in [2.75, 3.05) is 5.32 Å². The second kappa shape index (κ2) is 7.64. The van der Waals surface area contributed by atoms with E-state index >= 15 is 0 Å². The number of nitrogens with one attached hydrogen (secondary N) is 1. The first-order chi connectivity index (χ1) is 13.9. The summed E-state index contributed by atoms with van der Waals surface area (Å²) in [4.78, 5) is 31.9. The zero-order valence-electron chi connectivity index (χ0n) is 16.5. The molecule has 0 saturated heterocycles. The molecule has 0 aliphatic carbocycles. The minimum absolute atomic E-state index is 0.211. The zero-order chi connectivity index (χ0) is 20.5. The molecule has 6 heteroatoms. The molecule has 1 atom stereocenters. The predicted octanol–water partition coefficient (Wildman–Crippen LogP) is 4.94. The number of benzene rings is 2. The molecule has 1 N–H and O–H groups in total. The van der Waals surface area contributed by atoms with Crippen LogP contribution >= 0.6 is 11.3 Å². The highest BCUT2D eigenvalue weighted by atomic mass is 32.1. The molecule has 2 aromatic heterocycles. The number of aryl methyl sites for hydroxylation is 2. The summed E-state index contributed by atoms with van der Waals surface area (Å²) in [6, 6.07) is 16.9. The molecule has 0 fully saturated rings. The summed E-state index contributed by atoms with van der Waals surface area (Å²) in [5.74, 6) is -0.251. The summed E-state index contributed by atoms with van der Waals surface area (Å²) < 4.78 is 1.39. The quantitative estimate of drug-likeness (QED) is 0.525. The molecule has 2 heterocycles. The van der Waals surface area contributed by atoms with E-state index in [0.29, 0.717) is 10.2 Å². The van der Waals surface area contributed by atoms with E-state index in [1.165, 1.54) is 22.2 Å². The lowest BCUT2D eigenvalue weighted by Crippen LogP contribution is -2.31. The summed E-state index contributed by atoms with van der Waals surface area (Å²) >= 11 is 1.47. The Balaban J connectivity index is 1.65. The van der Waals surface area contributed by atoms with Crippen molar-refractivity contribution < 1.29 is 4.79 Å². The van der Waals surface area contributed by atoms with Crippen LogP contribution in [0.5, 0.6) is 0 Å². The third kappa shape index (κ3) is 3.71. The molecular weight excluding hydrogens is 382 g/mol. The average Bonchev–Trinajstić information content (AvgIpc) is 3.16. The van der Waals surface area contributed by atoms with E-state index in [1.54, 1.807) is 6.92 Å². The number of fused-ring (bicyclic) bond motifs is 1. The van der Waals surface area contributed by atoms with Crippen LogP contribution in [-0.4, -0.2) is 15.5 Å². The lowest BCUT2D eigenvalue weighted by Gasteiger charge is -2.16. The summed E-state index contributed by atoms with van der Waals surface area (Å²) in [5.41, 5.74) is 3.69. The lowest BCUT2D eigenvalue weighted by atomic mass is 10.1. The fourth-order valence-corrected chi connectivity index (χ4v) is 4.27. The second-order valence-corrected chi connectivity index (χ2v) is 8.17. The Morgan fingerprint density at radius 1 is 1.10 bits per heavy atom. The highest BCUT2D eigenvalue weighted by Gasteiger charge is 2.19. The zero-order valence-corrected chi connectivity index (χ0v) is 17.3. The summed E-state index contributed by atoms with van der Waals surface area (Å²) in [6.45, 7) is 5.66. The van der Waals surface area contributed by atoms with Crippen molar-refractivity contribution in [3.63, 3.8) is 0 Å². The van der Waals surface area contributed by atoms with Crippen LogP contribution in [0.3, 0.4) is 0 Å². The van der Waals surface area contributed by atoms with E-state index in [9.17, 15) is 9.59 Å². The Labute approximate surface area is 172 Å². The molecule has 0 aliphatic heterocycles. The first kappa shape index (κ1) is 19.1. The number of nitrogens with zero attached hydrogens (tertiary/aromatic N) is 2. The van der Waals surface area contributed by atoms with Gasteiger partial charge >= 0.3 is 0 Å². The van der Waals surface area contributed by atoms with Gasteiger partial charge in [0.2, 0.25) is 5.91 Å². The number of anilines is 1. The van der Waals surface area contributed by atoms with Gasteiger partial charge in [-0.1, -0.05) is 48.0 Å². The third-order valence-electron chi connectivity index (χ3n) is 4.97. The van der Waals surface area contributed by atoms with Crippen molar-refractivity contribution in [1.82, 2.24) is 9.55 Å². The number of hydrogen-bond donors (Lipinski definition) is 1. The molecule has 146 valence electrons. The van der Waals surface area contributed by atoms with Gasteiger partial charge in [-0.05, 0) is 44.0 Å². The van der Waals surface area contributed by atoms with Gasteiger partial charge in [0.25, 0.3) is 5.56 Å². The fraction of sp³-hybridized carbons (Fsp3) is 0.174. The normalized spacial score (nSPS) is 12.1. The molecule has 2 aromatic carbocycles. The van der Waals surface area contributed by atoms with Crippen molar-refractivity contribution in [2.45, 2.75) is 26.8 Å². The number of amides is 1. The maximum absolute atomic E-state index is 13.0. The first-order valence-electron chi connectivity index (χ1n) is 9.38. The first-order valence-corrected chi connectivity index (χ1v) is 10.2. The van der Waals surface area contributed by atoms with Gasteiger partial charge in [0, 0.05) is 10.6 Å². The van der Waals surface area contributed by atoms with E-state index in [2.05, 4.69) is 10.3 Å². The van der Waals surface area contributed by atoms with Crippen LogP contribution in [0.4, 0.5) is 5.69 Å². The highest BCUT2D eigenvalue weighted by Crippen LogP contribution is 2.30. The van der Waals surface area contributed by atoms with Crippen LogP contribution in [0.2, 0.25) is 0 Å². The largest absolute Gasteiger partial charge is 0.324 e. The summed E-state index contributed by atoms with van der Waals surface area (Å²) in [7, 11) is 0. The second-order valence-electron chi connectivity index (χ2n) is 7.14. The Morgan fingerprint density at radius 2 is 1.86 bits per heavy atom. The Hall–Kier alpha value is -3.25. The van der Waals surface area contributed by atoms with Crippen LogP contribution in [0.25, 0.3) is 20.7 Å². The maximum Gasteiger partial charge on any atom is 0.262 e. The van der Waals surface area contributed by atoms with Gasteiger partial charge in [-0.2, -0.15) is 0 Å². The number of carbonyl (C=O) groups is 1. The van der Waals surface area contributed by atoms with Crippen molar-refractivity contribution in [1.29, 1.82) is 0 Å². The SMILES string of the molecule is Cc1ccc(NC(=O)[C@H](C)n2cnc3sc(-c4ccccc4)cc3c2=O)c(C)c1. The molecule has 5 nitrogen and oxygen atoms in total. The Morgan fingerprint density at radius 3 is 2.59 bits per heavy atom. The molecule has 0 bridgehead atoms. The molecule has 4 aromatic rings. The molecule has 0 saturated carbocycles. The van der Waals surface area contributed by atoms with Crippen molar-refractivity contribution in [3.8, 4) is 10.4 Å². The van der Waals surface area contributed by atoms with E-state index in [0.717, 1.165) is 27.3 Å². The fourth-order valence-electron chi connectivity index (χ4n) is 3.27. The van der Waals surface area contributed by atoms with E-state index in [-0.39, 0.29) is 11.5 Å².